The molecule has 0 aromatic heterocycles. The summed E-state index contributed by atoms with van der Waals surface area (Å²) in [6, 6.07) is 7.08. The second-order valence-corrected chi connectivity index (χ2v) is 5.75. The van der Waals surface area contributed by atoms with E-state index in [1.807, 2.05) is 24.3 Å². The largest absolute Gasteiger partial charge is 0.394 e. The summed E-state index contributed by atoms with van der Waals surface area (Å²) in [5.41, 5.74) is 0.775. The van der Waals surface area contributed by atoms with E-state index < -0.39 is 0 Å². The zero-order valence-corrected chi connectivity index (χ0v) is 12.8. The Morgan fingerprint density at radius 2 is 2.06 bits per heavy atom. The first-order chi connectivity index (χ1) is 8.52. The van der Waals surface area contributed by atoms with Crippen LogP contribution in [0.5, 0.6) is 0 Å². The number of para-hydroxylation sites is 1. The lowest BCUT2D eigenvalue weighted by Crippen LogP contribution is -2.41. The van der Waals surface area contributed by atoms with E-state index in [1.54, 1.807) is 0 Å². The Hall–Kier alpha value is -0.820. The maximum atomic E-state index is 11.8. The molecule has 0 saturated carbocycles. The molecule has 1 aromatic rings. The van der Waals surface area contributed by atoms with Crippen LogP contribution in [0.4, 0.5) is 10.5 Å². The highest BCUT2D eigenvalue weighted by Gasteiger charge is 2.13. The third-order valence-electron chi connectivity index (χ3n) is 2.43. The number of carbonyl (C=O) groups is 1. The minimum absolute atomic E-state index is 0.0442. The fraction of sp³-hybridized carbons (Fsp3) is 0.462. The second kappa shape index (κ2) is 7.58. The van der Waals surface area contributed by atoms with Crippen molar-refractivity contribution in [2.45, 2.75) is 26.3 Å². The van der Waals surface area contributed by atoms with Crippen molar-refractivity contribution >= 4 is 34.3 Å². The Morgan fingerprint density at radius 3 is 2.61 bits per heavy atom. The van der Waals surface area contributed by atoms with Crippen LogP contribution in [0.25, 0.3) is 0 Å². The van der Waals surface area contributed by atoms with Gasteiger partial charge in [0.15, 0.2) is 0 Å². The van der Waals surface area contributed by atoms with Gasteiger partial charge in [0.1, 0.15) is 0 Å². The lowest BCUT2D eigenvalue weighted by Gasteiger charge is -2.18. The zero-order valence-electron chi connectivity index (χ0n) is 10.6. The maximum Gasteiger partial charge on any atom is 0.319 e. The van der Waals surface area contributed by atoms with E-state index in [0.29, 0.717) is 5.92 Å². The van der Waals surface area contributed by atoms with Gasteiger partial charge in [-0.3, -0.25) is 0 Å². The van der Waals surface area contributed by atoms with E-state index in [4.69, 9.17) is 0 Å². The van der Waals surface area contributed by atoms with Crippen molar-refractivity contribution in [3.63, 3.8) is 0 Å². The standard InChI is InChI=1S/C13H19IN2O2/c1-9(2)7-10(8-17)15-13(18)16-12-6-4-3-5-11(12)14/h3-6,9-10,17H,7-8H2,1-2H3,(H2,15,16,18). The predicted molar refractivity (Wildman–Crippen MR) is 81.6 cm³/mol. The average molecular weight is 362 g/mol. The summed E-state index contributed by atoms with van der Waals surface area (Å²) in [6.07, 6.45) is 0.760. The molecule has 100 valence electrons. The van der Waals surface area contributed by atoms with E-state index in [9.17, 15) is 9.90 Å². The minimum atomic E-state index is -0.279. The summed E-state index contributed by atoms with van der Waals surface area (Å²) in [5.74, 6) is 0.430. The predicted octanol–water partition coefficient (Wildman–Crippen LogP) is 2.82. The summed E-state index contributed by atoms with van der Waals surface area (Å²) in [6.45, 7) is 4.07. The van der Waals surface area contributed by atoms with Gasteiger partial charge in [0.25, 0.3) is 0 Å². The van der Waals surface area contributed by atoms with Crippen LogP contribution in [0.1, 0.15) is 20.3 Å². The van der Waals surface area contributed by atoms with Gasteiger partial charge in [-0.05, 0) is 47.1 Å². The first kappa shape index (κ1) is 15.2. The van der Waals surface area contributed by atoms with Crippen molar-refractivity contribution in [3.05, 3.63) is 27.8 Å². The van der Waals surface area contributed by atoms with Crippen LogP contribution in [0, 0.1) is 9.49 Å². The third-order valence-corrected chi connectivity index (χ3v) is 3.37. The number of hydrogen-bond donors (Lipinski definition) is 3. The van der Waals surface area contributed by atoms with Crippen molar-refractivity contribution in [2.24, 2.45) is 5.92 Å². The highest BCUT2D eigenvalue weighted by Crippen LogP contribution is 2.16. The number of nitrogens with one attached hydrogen (secondary N) is 2. The molecule has 0 aliphatic rings. The van der Waals surface area contributed by atoms with Gasteiger partial charge >= 0.3 is 6.03 Å². The molecule has 0 fully saturated rings. The topological polar surface area (TPSA) is 61.4 Å². The molecule has 4 nitrogen and oxygen atoms in total. The summed E-state index contributed by atoms with van der Waals surface area (Å²) in [5, 5.41) is 14.8. The summed E-state index contributed by atoms with van der Waals surface area (Å²) in [7, 11) is 0. The van der Waals surface area contributed by atoms with Crippen LogP contribution in [-0.2, 0) is 0 Å². The molecule has 0 bridgehead atoms. The number of aliphatic hydroxyl groups excluding tert-OH is 1. The third kappa shape index (κ3) is 5.22. The first-order valence-electron chi connectivity index (χ1n) is 5.95. The lowest BCUT2D eigenvalue weighted by molar-refractivity contribution is 0.214. The van der Waals surface area contributed by atoms with E-state index >= 15 is 0 Å². The number of aliphatic hydroxyl groups is 1. The van der Waals surface area contributed by atoms with Crippen LogP contribution in [0.3, 0.4) is 0 Å². The normalized spacial score (nSPS) is 12.3. The molecule has 0 heterocycles. The molecular formula is C13H19IN2O2. The van der Waals surface area contributed by atoms with Gasteiger partial charge in [-0.2, -0.15) is 0 Å². The molecule has 0 saturated heterocycles. The number of benzene rings is 1. The van der Waals surface area contributed by atoms with Crippen LogP contribution in [0.2, 0.25) is 0 Å². The van der Waals surface area contributed by atoms with Crippen molar-refractivity contribution in [2.75, 3.05) is 11.9 Å². The van der Waals surface area contributed by atoms with Crippen LogP contribution >= 0.6 is 22.6 Å². The van der Waals surface area contributed by atoms with Gasteiger partial charge in [0, 0.05) is 3.57 Å². The number of carbonyl (C=O) groups excluding carboxylic acids is 1. The molecule has 3 N–H and O–H groups in total. The highest BCUT2D eigenvalue weighted by molar-refractivity contribution is 14.1. The maximum absolute atomic E-state index is 11.8. The summed E-state index contributed by atoms with van der Waals surface area (Å²) < 4.78 is 0.981. The zero-order chi connectivity index (χ0) is 13.5. The molecule has 1 aromatic carbocycles. The molecule has 1 atom stereocenters. The molecular weight excluding hydrogens is 343 g/mol. The monoisotopic (exact) mass is 362 g/mol. The van der Waals surface area contributed by atoms with Gasteiger partial charge in [0.2, 0.25) is 0 Å². The van der Waals surface area contributed by atoms with E-state index in [2.05, 4.69) is 47.1 Å². The molecule has 1 rings (SSSR count). The Bertz CT molecular complexity index is 396. The molecule has 2 amide bonds. The number of hydrogen-bond acceptors (Lipinski definition) is 2. The number of halogens is 1. The fourth-order valence-electron chi connectivity index (χ4n) is 1.65. The Kier molecular flexibility index (Phi) is 6.42. The summed E-state index contributed by atoms with van der Waals surface area (Å²) >= 11 is 2.16. The van der Waals surface area contributed by atoms with Crippen molar-refractivity contribution < 1.29 is 9.90 Å². The number of amides is 2. The van der Waals surface area contributed by atoms with Crippen LogP contribution in [0.15, 0.2) is 24.3 Å². The average Bonchev–Trinajstić information content (AvgIpc) is 2.30. The smallest absolute Gasteiger partial charge is 0.319 e. The Balaban J connectivity index is 2.53. The Morgan fingerprint density at radius 1 is 1.39 bits per heavy atom. The molecule has 0 spiro atoms. The molecule has 1 unspecified atom stereocenters. The van der Waals surface area contributed by atoms with Crippen molar-refractivity contribution in [3.8, 4) is 0 Å². The Labute approximate surface area is 121 Å². The molecule has 5 heteroatoms. The number of rotatable bonds is 5. The van der Waals surface area contributed by atoms with E-state index in [0.717, 1.165) is 15.7 Å². The van der Waals surface area contributed by atoms with Crippen LogP contribution in [-0.4, -0.2) is 23.8 Å². The summed E-state index contributed by atoms with van der Waals surface area (Å²) in [4.78, 5) is 11.8. The van der Waals surface area contributed by atoms with Gasteiger partial charge in [0.05, 0.1) is 18.3 Å². The second-order valence-electron chi connectivity index (χ2n) is 4.59. The first-order valence-corrected chi connectivity index (χ1v) is 7.03. The fourth-order valence-corrected chi connectivity index (χ4v) is 2.18. The SMILES string of the molecule is CC(C)CC(CO)NC(=O)Nc1ccccc1I. The van der Waals surface area contributed by atoms with Crippen molar-refractivity contribution in [1.82, 2.24) is 5.32 Å². The minimum Gasteiger partial charge on any atom is -0.394 e. The molecule has 0 radical (unpaired) electrons. The number of urea groups is 1. The van der Waals surface area contributed by atoms with Gasteiger partial charge in [-0.15, -0.1) is 0 Å². The van der Waals surface area contributed by atoms with E-state index in [1.165, 1.54) is 0 Å². The number of anilines is 1. The van der Waals surface area contributed by atoms with E-state index in [-0.39, 0.29) is 18.7 Å². The molecule has 0 aliphatic heterocycles. The van der Waals surface area contributed by atoms with Gasteiger partial charge < -0.3 is 15.7 Å². The molecule has 0 aliphatic carbocycles. The quantitative estimate of drug-likeness (QED) is 0.706. The van der Waals surface area contributed by atoms with Crippen LogP contribution < -0.4 is 10.6 Å². The lowest BCUT2D eigenvalue weighted by atomic mass is 10.0. The van der Waals surface area contributed by atoms with Gasteiger partial charge in [-0.1, -0.05) is 26.0 Å². The van der Waals surface area contributed by atoms with Gasteiger partial charge in [-0.25, -0.2) is 4.79 Å². The molecule has 18 heavy (non-hydrogen) atoms. The van der Waals surface area contributed by atoms with Crippen molar-refractivity contribution in [1.29, 1.82) is 0 Å². The highest BCUT2D eigenvalue weighted by atomic mass is 127.